The van der Waals surface area contributed by atoms with Crippen molar-refractivity contribution in [2.75, 3.05) is 0 Å². The number of carbonyl (C=O) groups is 1. The van der Waals surface area contributed by atoms with Gasteiger partial charge in [0.25, 0.3) is 5.56 Å². The maximum absolute atomic E-state index is 12.8. The van der Waals surface area contributed by atoms with E-state index >= 15 is 0 Å². The average molecular weight is 346 g/mol. The van der Waals surface area contributed by atoms with Crippen molar-refractivity contribution in [2.45, 2.75) is 26.9 Å². The quantitative estimate of drug-likeness (QED) is 0.637. The predicted molar refractivity (Wildman–Crippen MR) is 105 cm³/mol. The van der Waals surface area contributed by atoms with Crippen molar-refractivity contribution in [3.05, 3.63) is 99.7 Å². The average Bonchev–Trinajstić information content (AvgIpc) is 2.92. The molecule has 0 radical (unpaired) electrons. The molecule has 0 saturated heterocycles. The molecule has 0 spiro atoms. The van der Waals surface area contributed by atoms with Crippen molar-refractivity contribution in [2.24, 2.45) is 0 Å². The van der Waals surface area contributed by atoms with Gasteiger partial charge in [0.1, 0.15) is 0 Å². The van der Waals surface area contributed by atoms with Crippen LogP contribution >= 0.6 is 0 Å². The van der Waals surface area contributed by atoms with Crippen LogP contribution in [0.2, 0.25) is 0 Å². The van der Waals surface area contributed by atoms with Gasteiger partial charge in [-0.1, -0.05) is 43.0 Å². The lowest BCUT2D eigenvalue weighted by Crippen LogP contribution is -2.23. The Balaban J connectivity index is 1.88. The van der Waals surface area contributed by atoms with E-state index in [1.807, 2.05) is 38.1 Å². The van der Waals surface area contributed by atoms with E-state index in [1.54, 1.807) is 18.3 Å². The van der Waals surface area contributed by atoms with E-state index in [4.69, 9.17) is 0 Å². The van der Waals surface area contributed by atoms with Gasteiger partial charge in [0.15, 0.2) is 5.78 Å². The Labute approximate surface area is 153 Å². The molecule has 2 aromatic heterocycles. The van der Waals surface area contributed by atoms with E-state index in [-0.39, 0.29) is 17.9 Å². The van der Waals surface area contributed by atoms with Gasteiger partial charge < -0.3 is 9.13 Å². The van der Waals surface area contributed by atoms with Crippen molar-refractivity contribution >= 4 is 11.9 Å². The first-order chi connectivity index (χ1) is 12.5. The largest absolute Gasteiger partial charge is 0.344 e. The van der Waals surface area contributed by atoms with Gasteiger partial charge in [0, 0.05) is 35.8 Å². The lowest BCUT2D eigenvalue weighted by atomic mass is 10.1. The molecular weight excluding hydrogens is 324 g/mol. The van der Waals surface area contributed by atoms with Gasteiger partial charge in [0.05, 0.1) is 6.54 Å². The summed E-state index contributed by atoms with van der Waals surface area (Å²) in [6, 6.07) is 15.2. The predicted octanol–water partition coefficient (Wildman–Crippen LogP) is 3.84. The van der Waals surface area contributed by atoms with E-state index in [0.29, 0.717) is 5.56 Å². The van der Waals surface area contributed by atoms with E-state index in [1.165, 1.54) is 16.2 Å². The number of Topliss-reactive ketones (excluding diaryl/α,β-unsaturated/α-hetero) is 1. The van der Waals surface area contributed by atoms with Crippen molar-refractivity contribution < 1.29 is 4.79 Å². The molecule has 0 atom stereocenters. The van der Waals surface area contributed by atoms with Crippen LogP contribution in [0.15, 0.2) is 66.1 Å². The van der Waals surface area contributed by atoms with Crippen LogP contribution in [0, 0.1) is 13.8 Å². The van der Waals surface area contributed by atoms with Crippen molar-refractivity contribution in [3.8, 4) is 0 Å². The van der Waals surface area contributed by atoms with Gasteiger partial charge in [-0.3, -0.25) is 9.59 Å². The molecule has 3 aromatic rings. The zero-order valence-corrected chi connectivity index (χ0v) is 15.1. The molecular formula is C22H22N2O2. The molecule has 0 bridgehead atoms. The number of hydrogen-bond acceptors (Lipinski definition) is 2. The second-order valence-electron chi connectivity index (χ2n) is 6.41. The van der Waals surface area contributed by atoms with Crippen LogP contribution in [0.3, 0.4) is 0 Å². The van der Waals surface area contributed by atoms with E-state index in [0.717, 1.165) is 23.5 Å². The second kappa shape index (κ2) is 7.40. The summed E-state index contributed by atoms with van der Waals surface area (Å²) < 4.78 is 3.56. The first-order valence-corrected chi connectivity index (χ1v) is 8.56. The molecule has 26 heavy (non-hydrogen) atoms. The van der Waals surface area contributed by atoms with Gasteiger partial charge in [0.2, 0.25) is 0 Å². The molecule has 4 nitrogen and oxygen atoms in total. The molecule has 132 valence electrons. The summed E-state index contributed by atoms with van der Waals surface area (Å²) in [5.41, 5.74) is 4.41. The summed E-state index contributed by atoms with van der Waals surface area (Å²) in [5.74, 6) is -0.0688. The summed E-state index contributed by atoms with van der Waals surface area (Å²) in [6.07, 6.45) is 3.32. The number of aromatic nitrogens is 2. The third-order valence-corrected chi connectivity index (χ3v) is 4.61. The molecule has 0 amide bonds. The minimum atomic E-state index is -0.193. The molecule has 4 heteroatoms. The number of nitrogens with zero attached hydrogens (tertiary/aromatic N) is 2. The van der Waals surface area contributed by atoms with E-state index in [9.17, 15) is 9.59 Å². The highest BCUT2D eigenvalue weighted by molar-refractivity contribution is 5.97. The number of aryl methyl sites for hydroxylation is 1. The van der Waals surface area contributed by atoms with Crippen LogP contribution in [-0.4, -0.2) is 14.9 Å². The fraction of sp³-hybridized carbons (Fsp3) is 0.182. The first-order valence-electron chi connectivity index (χ1n) is 8.56. The normalized spacial score (nSPS) is 10.7. The van der Waals surface area contributed by atoms with Crippen LogP contribution in [0.1, 0.15) is 32.9 Å². The van der Waals surface area contributed by atoms with Crippen molar-refractivity contribution in [3.63, 3.8) is 0 Å². The summed E-state index contributed by atoms with van der Waals surface area (Å²) in [6.45, 7) is 8.40. The van der Waals surface area contributed by atoms with Gasteiger partial charge >= 0.3 is 0 Å². The van der Waals surface area contributed by atoms with Crippen LogP contribution in [-0.2, 0) is 13.1 Å². The number of pyridine rings is 1. The third-order valence-electron chi connectivity index (χ3n) is 4.61. The molecule has 0 aliphatic carbocycles. The number of ketones is 1. The van der Waals surface area contributed by atoms with Crippen LogP contribution in [0.5, 0.6) is 0 Å². The highest BCUT2D eigenvalue weighted by atomic mass is 16.1. The number of hydrogen-bond donors (Lipinski definition) is 0. The smallest absolute Gasteiger partial charge is 0.250 e. The highest BCUT2D eigenvalue weighted by Crippen LogP contribution is 2.18. The number of benzene rings is 1. The summed E-state index contributed by atoms with van der Waals surface area (Å²) in [5, 5.41) is 0. The van der Waals surface area contributed by atoms with Gasteiger partial charge in [-0.2, -0.15) is 0 Å². The lowest BCUT2D eigenvalue weighted by molar-refractivity contribution is 0.0970. The molecule has 0 saturated carbocycles. The SMILES string of the molecule is C=Cc1ccc(=O)n(CC(=O)c2cc(C)n(Cc3ccccc3)c2C)c1. The minimum Gasteiger partial charge on any atom is -0.344 e. The summed E-state index contributed by atoms with van der Waals surface area (Å²) in [4.78, 5) is 24.8. The molecule has 0 fully saturated rings. The summed E-state index contributed by atoms with van der Waals surface area (Å²) in [7, 11) is 0. The zero-order valence-electron chi connectivity index (χ0n) is 15.1. The molecule has 1 aromatic carbocycles. The number of carbonyl (C=O) groups excluding carboxylic acids is 1. The third kappa shape index (κ3) is 3.59. The van der Waals surface area contributed by atoms with Crippen molar-refractivity contribution in [1.82, 2.24) is 9.13 Å². The summed E-state index contributed by atoms with van der Waals surface area (Å²) >= 11 is 0. The van der Waals surface area contributed by atoms with E-state index in [2.05, 4.69) is 23.3 Å². The first kappa shape index (κ1) is 17.7. The Morgan fingerprint density at radius 1 is 1.12 bits per heavy atom. The molecule has 3 rings (SSSR count). The molecule has 2 heterocycles. The second-order valence-corrected chi connectivity index (χ2v) is 6.41. The van der Waals surface area contributed by atoms with E-state index < -0.39 is 0 Å². The molecule has 0 aliphatic heterocycles. The monoisotopic (exact) mass is 346 g/mol. The highest BCUT2D eigenvalue weighted by Gasteiger charge is 2.16. The van der Waals surface area contributed by atoms with Gasteiger partial charge in [-0.25, -0.2) is 0 Å². The molecule has 0 N–H and O–H groups in total. The van der Waals surface area contributed by atoms with Crippen LogP contribution in [0.25, 0.3) is 6.08 Å². The fourth-order valence-corrected chi connectivity index (χ4v) is 3.13. The Morgan fingerprint density at radius 3 is 2.54 bits per heavy atom. The van der Waals surface area contributed by atoms with Crippen LogP contribution < -0.4 is 5.56 Å². The Kier molecular flexibility index (Phi) is 5.03. The standard InChI is InChI=1S/C22H22N2O2/c1-4-18-10-11-22(26)23(13-18)15-21(25)20-12-16(2)24(17(20)3)14-19-8-6-5-7-9-19/h4-13H,1,14-15H2,2-3H3. The van der Waals surface area contributed by atoms with Crippen molar-refractivity contribution in [1.29, 1.82) is 0 Å². The Bertz CT molecular complexity index is 1010. The van der Waals surface area contributed by atoms with Crippen LogP contribution in [0.4, 0.5) is 0 Å². The topological polar surface area (TPSA) is 44.0 Å². The Morgan fingerprint density at radius 2 is 1.85 bits per heavy atom. The fourth-order valence-electron chi connectivity index (χ4n) is 3.13. The zero-order chi connectivity index (χ0) is 18.7. The van der Waals surface area contributed by atoms with Gasteiger partial charge in [-0.05, 0) is 37.1 Å². The lowest BCUT2D eigenvalue weighted by Gasteiger charge is -2.10. The Hall–Kier alpha value is -3.14. The molecule has 0 unspecified atom stereocenters. The van der Waals surface area contributed by atoms with Gasteiger partial charge in [-0.15, -0.1) is 0 Å². The molecule has 0 aliphatic rings. The number of rotatable bonds is 6. The minimum absolute atomic E-state index is 0.0240. The maximum atomic E-state index is 12.8. The maximum Gasteiger partial charge on any atom is 0.250 e.